The number of morpholine rings is 1. The predicted octanol–water partition coefficient (Wildman–Crippen LogP) is 0.241. The van der Waals surface area contributed by atoms with Crippen molar-refractivity contribution in [3.05, 3.63) is 12.4 Å². The highest BCUT2D eigenvalue weighted by Gasteiger charge is 2.19. The van der Waals surface area contributed by atoms with Crippen LogP contribution in [0.15, 0.2) is 12.4 Å². The number of hydrogen-bond acceptors (Lipinski definition) is 6. The lowest BCUT2D eigenvalue weighted by Crippen LogP contribution is -2.43. The maximum absolute atomic E-state index is 6.03. The van der Waals surface area contributed by atoms with Crippen LogP contribution in [-0.2, 0) is 4.74 Å². The number of piperidine rings is 1. The van der Waals surface area contributed by atoms with E-state index in [1.807, 2.05) is 0 Å². The fourth-order valence-electron chi connectivity index (χ4n) is 2.69. The fourth-order valence-corrected chi connectivity index (χ4v) is 2.69. The molecule has 0 aromatic carbocycles. The molecule has 19 heavy (non-hydrogen) atoms. The molecule has 3 rings (SSSR count). The average Bonchev–Trinajstić information content (AvgIpc) is 2.48. The van der Waals surface area contributed by atoms with Gasteiger partial charge in [-0.05, 0) is 12.8 Å². The predicted molar refractivity (Wildman–Crippen MR) is 74.5 cm³/mol. The van der Waals surface area contributed by atoms with E-state index in [0.717, 1.165) is 63.9 Å². The Morgan fingerprint density at radius 2 is 1.84 bits per heavy atom. The molecule has 3 heterocycles. The van der Waals surface area contributed by atoms with E-state index in [0.29, 0.717) is 0 Å². The van der Waals surface area contributed by atoms with Crippen LogP contribution in [0.5, 0.6) is 0 Å². The molecular weight excluding hydrogens is 242 g/mol. The topological polar surface area (TPSA) is 67.5 Å². The molecule has 2 N–H and O–H groups in total. The van der Waals surface area contributed by atoms with Gasteiger partial charge >= 0.3 is 0 Å². The Morgan fingerprint density at radius 1 is 1.11 bits per heavy atom. The molecule has 6 heteroatoms. The van der Waals surface area contributed by atoms with Gasteiger partial charge in [-0.15, -0.1) is 0 Å². The van der Waals surface area contributed by atoms with E-state index in [4.69, 9.17) is 10.5 Å². The van der Waals surface area contributed by atoms with Gasteiger partial charge in [-0.1, -0.05) is 0 Å². The van der Waals surface area contributed by atoms with Crippen molar-refractivity contribution in [1.29, 1.82) is 0 Å². The largest absolute Gasteiger partial charge is 0.378 e. The van der Waals surface area contributed by atoms with E-state index in [1.54, 1.807) is 6.33 Å². The van der Waals surface area contributed by atoms with Crippen molar-refractivity contribution in [2.75, 3.05) is 49.2 Å². The molecule has 0 radical (unpaired) electrons. The Balaban J connectivity index is 1.75. The molecule has 0 bridgehead atoms. The number of nitrogens with zero attached hydrogens (tertiary/aromatic N) is 4. The minimum Gasteiger partial charge on any atom is -0.378 e. The van der Waals surface area contributed by atoms with Gasteiger partial charge in [0.05, 0.1) is 13.2 Å². The molecule has 0 unspecified atom stereocenters. The van der Waals surface area contributed by atoms with Gasteiger partial charge in [0, 0.05) is 38.3 Å². The molecular formula is C13H21N5O. The number of anilines is 2. The van der Waals surface area contributed by atoms with Gasteiger partial charge in [-0.2, -0.15) is 0 Å². The number of nitrogens with two attached hydrogens (primary N) is 1. The van der Waals surface area contributed by atoms with E-state index in [-0.39, 0.29) is 6.04 Å². The maximum atomic E-state index is 6.03. The van der Waals surface area contributed by atoms with Crippen LogP contribution in [0.3, 0.4) is 0 Å². The Labute approximate surface area is 113 Å². The highest BCUT2D eigenvalue weighted by molar-refractivity contribution is 5.50. The zero-order valence-corrected chi connectivity index (χ0v) is 11.2. The number of ether oxygens (including phenoxy) is 1. The molecule has 0 aliphatic carbocycles. The first kappa shape index (κ1) is 12.6. The molecule has 1 atom stereocenters. The quantitative estimate of drug-likeness (QED) is 0.824. The van der Waals surface area contributed by atoms with Gasteiger partial charge in [0.15, 0.2) is 0 Å². The van der Waals surface area contributed by atoms with E-state index in [2.05, 4.69) is 25.8 Å². The van der Waals surface area contributed by atoms with Crippen LogP contribution in [0, 0.1) is 0 Å². The van der Waals surface area contributed by atoms with Crippen LogP contribution in [0.25, 0.3) is 0 Å². The zero-order chi connectivity index (χ0) is 13.1. The summed E-state index contributed by atoms with van der Waals surface area (Å²) in [5, 5.41) is 0. The molecule has 2 aliphatic rings. The minimum atomic E-state index is 0.260. The van der Waals surface area contributed by atoms with E-state index >= 15 is 0 Å². The summed E-state index contributed by atoms with van der Waals surface area (Å²) in [6, 6.07) is 2.33. The standard InChI is InChI=1S/C13H21N5O/c14-11-2-1-3-18(9-11)13-8-12(15-10-16-13)17-4-6-19-7-5-17/h8,10-11H,1-7,9,14H2/t11-/m1/s1. The maximum Gasteiger partial charge on any atom is 0.134 e. The monoisotopic (exact) mass is 263 g/mol. The van der Waals surface area contributed by atoms with Gasteiger partial charge in [0.2, 0.25) is 0 Å². The van der Waals surface area contributed by atoms with Crippen LogP contribution in [-0.4, -0.2) is 55.4 Å². The first-order valence-corrected chi connectivity index (χ1v) is 6.98. The van der Waals surface area contributed by atoms with Crippen LogP contribution < -0.4 is 15.5 Å². The Bertz CT molecular complexity index is 421. The third-order valence-corrected chi connectivity index (χ3v) is 3.76. The third-order valence-electron chi connectivity index (χ3n) is 3.76. The molecule has 1 aromatic rings. The highest BCUT2D eigenvalue weighted by Crippen LogP contribution is 2.21. The van der Waals surface area contributed by atoms with Crippen molar-refractivity contribution in [3.63, 3.8) is 0 Å². The summed E-state index contributed by atoms with van der Waals surface area (Å²) in [5.41, 5.74) is 6.03. The van der Waals surface area contributed by atoms with Crippen molar-refractivity contribution in [2.24, 2.45) is 5.73 Å². The molecule has 2 fully saturated rings. The summed E-state index contributed by atoms with van der Waals surface area (Å²) in [5.74, 6) is 1.99. The lowest BCUT2D eigenvalue weighted by molar-refractivity contribution is 0.122. The van der Waals surface area contributed by atoms with Gasteiger partial charge in [-0.25, -0.2) is 9.97 Å². The SMILES string of the molecule is N[C@@H]1CCCN(c2cc(N3CCOCC3)ncn2)C1. The fraction of sp³-hybridized carbons (Fsp3) is 0.692. The van der Waals surface area contributed by atoms with Crippen LogP contribution in [0.1, 0.15) is 12.8 Å². The smallest absolute Gasteiger partial charge is 0.134 e. The van der Waals surface area contributed by atoms with Crippen molar-refractivity contribution < 1.29 is 4.74 Å². The molecule has 104 valence electrons. The second kappa shape index (κ2) is 5.71. The van der Waals surface area contributed by atoms with Gasteiger partial charge in [0.1, 0.15) is 18.0 Å². The summed E-state index contributed by atoms with van der Waals surface area (Å²) < 4.78 is 5.37. The van der Waals surface area contributed by atoms with Crippen LogP contribution in [0.2, 0.25) is 0 Å². The molecule has 2 aliphatic heterocycles. The summed E-state index contributed by atoms with van der Waals surface area (Å²) in [6.45, 7) is 5.26. The highest BCUT2D eigenvalue weighted by atomic mass is 16.5. The zero-order valence-electron chi connectivity index (χ0n) is 11.2. The van der Waals surface area contributed by atoms with Gasteiger partial charge in [0.25, 0.3) is 0 Å². The second-order valence-electron chi connectivity index (χ2n) is 5.18. The summed E-state index contributed by atoms with van der Waals surface area (Å²) in [7, 11) is 0. The van der Waals surface area contributed by atoms with Crippen molar-refractivity contribution >= 4 is 11.6 Å². The molecule has 2 saturated heterocycles. The summed E-state index contributed by atoms with van der Waals surface area (Å²) in [6.07, 6.45) is 3.90. The number of hydrogen-bond donors (Lipinski definition) is 1. The summed E-state index contributed by atoms with van der Waals surface area (Å²) >= 11 is 0. The molecule has 0 spiro atoms. The van der Waals surface area contributed by atoms with Gasteiger partial charge in [-0.3, -0.25) is 0 Å². The molecule has 0 amide bonds. The molecule has 0 saturated carbocycles. The Kier molecular flexibility index (Phi) is 3.79. The second-order valence-corrected chi connectivity index (χ2v) is 5.18. The van der Waals surface area contributed by atoms with Crippen molar-refractivity contribution in [2.45, 2.75) is 18.9 Å². The van der Waals surface area contributed by atoms with Gasteiger partial charge < -0.3 is 20.3 Å². The number of aromatic nitrogens is 2. The van der Waals surface area contributed by atoms with Crippen molar-refractivity contribution in [3.8, 4) is 0 Å². The van der Waals surface area contributed by atoms with E-state index < -0.39 is 0 Å². The Hall–Kier alpha value is -1.40. The lowest BCUT2D eigenvalue weighted by Gasteiger charge is -2.33. The average molecular weight is 263 g/mol. The minimum absolute atomic E-state index is 0.260. The molecule has 1 aromatic heterocycles. The van der Waals surface area contributed by atoms with Crippen LogP contribution in [0.4, 0.5) is 11.6 Å². The number of rotatable bonds is 2. The van der Waals surface area contributed by atoms with E-state index in [9.17, 15) is 0 Å². The first-order chi connectivity index (χ1) is 9.33. The Morgan fingerprint density at radius 3 is 2.58 bits per heavy atom. The van der Waals surface area contributed by atoms with Crippen LogP contribution >= 0.6 is 0 Å². The third kappa shape index (κ3) is 2.96. The summed E-state index contributed by atoms with van der Waals surface area (Å²) in [4.78, 5) is 13.3. The molecule has 6 nitrogen and oxygen atoms in total. The van der Waals surface area contributed by atoms with Crippen molar-refractivity contribution in [1.82, 2.24) is 9.97 Å². The van der Waals surface area contributed by atoms with E-state index in [1.165, 1.54) is 0 Å². The first-order valence-electron chi connectivity index (χ1n) is 6.98. The normalized spacial score (nSPS) is 24.6. The lowest BCUT2D eigenvalue weighted by atomic mass is 10.1.